The van der Waals surface area contributed by atoms with Gasteiger partial charge in [-0.1, -0.05) is 12.2 Å². The van der Waals surface area contributed by atoms with Crippen LogP contribution in [0.5, 0.6) is 0 Å². The van der Waals surface area contributed by atoms with Crippen LogP contribution >= 0.6 is 0 Å². The first-order chi connectivity index (χ1) is 11.0. The molecule has 1 aromatic heterocycles. The number of aromatic nitrogens is 2. The molecule has 0 aliphatic carbocycles. The second-order valence-electron chi connectivity index (χ2n) is 4.77. The van der Waals surface area contributed by atoms with Crippen molar-refractivity contribution >= 4 is 5.96 Å². The van der Waals surface area contributed by atoms with Gasteiger partial charge < -0.3 is 21.9 Å². The van der Waals surface area contributed by atoms with Crippen molar-refractivity contribution in [3.8, 4) is 0 Å². The molecule has 0 saturated carbocycles. The highest BCUT2D eigenvalue weighted by Crippen LogP contribution is 2.16. The molecule has 1 unspecified atom stereocenters. The van der Waals surface area contributed by atoms with Gasteiger partial charge in [0.1, 0.15) is 6.73 Å². The van der Waals surface area contributed by atoms with Gasteiger partial charge in [0.2, 0.25) is 5.96 Å². The molecule has 0 aliphatic heterocycles. The average molecular weight is 325 g/mol. The smallest absolute Gasteiger partial charge is 0.219 e. The van der Waals surface area contributed by atoms with Crippen LogP contribution in [0, 0.1) is 6.92 Å². The summed E-state index contributed by atoms with van der Waals surface area (Å²) in [7, 11) is 1.85. The van der Waals surface area contributed by atoms with Crippen LogP contribution in [-0.2, 0) is 11.4 Å². The van der Waals surface area contributed by atoms with Gasteiger partial charge in [-0.3, -0.25) is 9.52 Å². The lowest BCUT2D eigenvalue weighted by atomic mass is 10.3. The molecule has 1 rings (SSSR count). The second-order valence-corrected chi connectivity index (χ2v) is 4.77. The first kappa shape index (κ1) is 19.1. The van der Waals surface area contributed by atoms with Gasteiger partial charge in [-0.15, -0.1) is 0 Å². The summed E-state index contributed by atoms with van der Waals surface area (Å²) in [6.45, 7) is 5.47. The highest BCUT2D eigenvalue weighted by Gasteiger charge is 2.15. The van der Waals surface area contributed by atoms with E-state index in [4.69, 9.17) is 16.3 Å². The maximum Gasteiger partial charge on any atom is 0.219 e. The van der Waals surface area contributed by atoms with Crippen molar-refractivity contribution in [2.75, 3.05) is 26.9 Å². The summed E-state index contributed by atoms with van der Waals surface area (Å²) >= 11 is 0. The van der Waals surface area contributed by atoms with Crippen molar-refractivity contribution in [2.45, 2.75) is 26.6 Å². The van der Waals surface area contributed by atoms with E-state index in [0.29, 0.717) is 18.8 Å². The van der Waals surface area contributed by atoms with Gasteiger partial charge in [-0.2, -0.15) is 5.10 Å². The highest BCUT2D eigenvalue weighted by atomic mass is 16.7. The number of rotatable bonds is 9. The maximum atomic E-state index is 10.3. The van der Waals surface area contributed by atoms with E-state index >= 15 is 0 Å². The van der Waals surface area contributed by atoms with Crippen LogP contribution in [0.25, 0.3) is 0 Å². The minimum atomic E-state index is -1.12. The molecule has 0 spiro atoms. The predicted octanol–water partition coefficient (Wildman–Crippen LogP) is -0.558. The average Bonchev–Trinajstić information content (AvgIpc) is 2.91. The van der Waals surface area contributed by atoms with Gasteiger partial charge >= 0.3 is 0 Å². The molecule has 1 atom stereocenters. The van der Waals surface area contributed by atoms with E-state index in [1.165, 1.54) is 5.06 Å². The molecule has 23 heavy (non-hydrogen) atoms. The lowest BCUT2D eigenvalue weighted by Gasteiger charge is -2.21. The van der Waals surface area contributed by atoms with Gasteiger partial charge in [-0.25, -0.2) is 10.1 Å². The van der Waals surface area contributed by atoms with Gasteiger partial charge in [0.05, 0.1) is 17.9 Å². The largest absolute Gasteiger partial charge is 0.368 e. The number of guanidine groups is 1. The summed E-state index contributed by atoms with van der Waals surface area (Å²) in [5, 5.41) is 18.9. The molecule has 0 aliphatic rings. The number of aryl methyl sites for hydroxylation is 2. The van der Waals surface area contributed by atoms with Crippen molar-refractivity contribution in [3.63, 3.8) is 0 Å². The third-order valence-corrected chi connectivity index (χ3v) is 3.00. The van der Waals surface area contributed by atoms with E-state index in [0.717, 1.165) is 12.2 Å². The van der Waals surface area contributed by atoms with Crippen LogP contribution in [0.3, 0.4) is 0 Å². The van der Waals surface area contributed by atoms with Crippen molar-refractivity contribution in [1.29, 1.82) is 0 Å². The Morgan fingerprint density at radius 2 is 2.35 bits per heavy atom. The number of nitrogens with two attached hydrogens (primary N) is 2. The Morgan fingerprint density at radius 3 is 2.96 bits per heavy atom. The summed E-state index contributed by atoms with van der Waals surface area (Å²) in [6, 6.07) is 1.77. The number of aliphatic hydroxyl groups excluding tert-OH is 1. The third kappa shape index (κ3) is 5.99. The fourth-order valence-corrected chi connectivity index (χ4v) is 1.96. The van der Waals surface area contributed by atoms with E-state index in [1.54, 1.807) is 10.7 Å². The number of nitrogens with zero attached hydrogens (tertiary/aromatic N) is 4. The fourth-order valence-electron chi connectivity index (χ4n) is 1.96. The van der Waals surface area contributed by atoms with Crippen LogP contribution in [0.1, 0.15) is 24.5 Å². The molecule has 0 radical (unpaired) electrons. The van der Waals surface area contributed by atoms with Crippen molar-refractivity contribution in [3.05, 3.63) is 29.6 Å². The van der Waals surface area contributed by atoms with Crippen molar-refractivity contribution in [2.24, 2.45) is 16.5 Å². The molecule has 9 heteroatoms. The molecule has 0 fully saturated rings. The van der Waals surface area contributed by atoms with E-state index in [1.807, 2.05) is 33.0 Å². The standard InChI is InChI=1S/C14H27N7O2/c1-4-20-12(9-11(2)19-20)13(22)18-14(16)21(23-10-15)8-6-5-7-17-3/h5-6,9,13,17,22H,4,7-8,10,15H2,1-3H3,(H2,16,18)/b6-5+. The van der Waals surface area contributed by atoms with Crippen molar-refractivity contribution < 1.29 is 9.94 Å². The predicted molar refractivity (Wildman–Crippen MR) is 89.1 cm³/mol. The topological polar surface area (TPSA) is 127 Å². The normalized spacial score (nSPS) is 13.7. The zero-order chi connectivity index (χ0) is 17.2. The number of nitrogens with one attached hydrogen (secondary N) is 1. The molecule has 9 nitrogen and oxygen atoms in total. The van der Waals surface area contributed by atoms with Gasteiger partial charge in [0.15, 0.2) is 6.23 Å². The monoisotopic (exact) mass is 325 g/mol. The Balaban J connectivity index is 2.83. The zero-order valence-electron chi connectivity index (χ0n) is 13.9. The highest BCUT2D eigenvalue weighted by molar-refractivity contribution is 5.77. The van der Waals surface area contributed by atoms with E-state index < -0.39 is 6.23 Å². The number of hydrogen-bond donors (Lipinski definition) is 4. The van der Waals surface area contributed by atoms with Crippen LogP contribution in [0.4, 0.5) is 0 Å². The van der Waals surface area contributed by atoms with Crippen LogP contribution in [-0.4, -0.2) is 52.8 Å². The maximum absolute atomic E-state index is 10.3. The molecule has 0 amide bonds. The molecule has 0 saturated heterocycles. The van der Waals surface area contributed by atoms with Crippen LogP contribution in [0.2, 0.25) is 0 Å². The number of aliphatic hydroxyl groups is 1. The van der Waals surface area contributed by atoms with Gasteiger partial charge in [0.25, 0.3) is 0 Å². The summed E-state index contributed by atoms with van der Waals surface area (Å²) in [4.78, 5) is 9.30. The molecule has 1 aromatic rings. The summed E-state index contributed by atoms with van der Waals surface area (Å²) in [5.74, 6) is 0.0403. The van der Waals surface area contributed by atoms with Crippen LogP contribution in [0.15, 0.2) is 23.2 Å². The Hall–Kier alpha value is -1.94. The SMILES string of the molecule is CCn1nc(C)cc1C(O)N=C(N)N(C/C=C/CNC)OCN. The van der Waals surface area contributed by atoms with Crippen molar-refractivity contribution in [1.82, 2.24) is 20.2 Å². The molecule has 6 N–H and O–H groups in total. The molecule has 130 valence electrons. The molecular weight excluding hydrogens is 298 g/mol. The van der Waals surface area contributed by atoms with E-state index in [2.05, 4.69) is 15.4 Å². The summed E-state index contributed by atoms with van der Waals surface area (Å²) in [5.41, 5.74) is 12.7. The quantitative estimate of drug-likeness (QED) is 0.158. The minimum Gasteiger partial charge on any atom is -0.368 e. The molecular formula is C14H27N7O2. The van der Waals surface area contributed by atoms with Gasteiger partial charge in [-0.05, 0) is 27.0 Å². The number of hydroxylamine groups is 2. The minimum absolute atomic E-state index is 0.0403. The number of hydrogen-bond acceptors (Lipinski definition) is 6. The Kier molecular flexibility index (Phi) is 8.27. The Bertz CT molecular complexity index is 527. The molecule has 0 bridgehead atoms. The number of likely N-dealkylation sites (N-methyl/N-ethyl adjacent to an activating group) is 1. The Labute approximate surface area is 136 Å². The first-order valence-corrected chi connectivity index (χ1v) is 7.49. The Morgan fingerprint density at radius 1 is 1.61 bits per heavy atom. The lowest BCUT2D eigenvalue weighted by Crippen LogP contribution is -2.39. The molecule has 0 aromatic carbocycles. The van der Waals surface area contributed by atoms with Gasteiger partial charge in [0, 0.05) is 13.1 Å². The van der Waals surface area contributed by atoms with E-state index in [9.17, 15) is 5.11 Å². The summed E-state index contributed by atoms with van der Waals surface area (Å²) in [6.07, 6.45) is 2.66. The molecule has 1 heterocycles. The first-order valence-electron chi connectivity index (χ1n) is 7.49. The second kappa shape index (κ2) is 9.95. The zero-order valence-corrected chi connectivity index (χ0v) is 13.9. The van der Waals surface area contributed by atoms with E-state index in [-0.39, 0.29) is 12.7 Å². The fraction of sp³-hybridized carbons (Fsp3) is 0.571. The van der Waals surface area contributed by atoms with Crippen LogP contribution < -0.4 is 16.8 Å². The number of aliphatic imine (C=N–C) groups is 1. The summed E-state index contributed by atoms with van der Waals surface area (Å²) < 4.78 is 1.68. The lowest BCUT2D eigenvalue weighted by molar-refractivity contribution is -0.0906. The third-order valence-electron chi connectivity index (χ3n) is 3.00.